The molecule has 0 unspecified atom stereocenters. The van der Waals surface area contributed by atoms with Crippen LogP contribution >= 0.6 is 11.6 Å². The molecule has 0 aliphatic rings. The van der Waals surface area contributed by atoms with E-state index in [0.29, 0.717) is 12.3 Å². The molecule has 2 aromatic rings. The predicted octanol–water partition coefficient (Wildman–Crippen LogP) is 2.99. The van der Waals surface area contributed by atoms with E-state index >= 15 is 0 Å². The number of methoxy groups -OCH3 is 1. The number of ether oxygens (including phenoxy) is 1. The topological polar surface area (TPSA) is 75.7 Å². The van der Waals surface area contributed by atoms with E-state index in [0.717, 1.165) is 11.8 Å². The third-order valence-electron chi connectivity index (χ3n) is 3.45. The minimum atomic E-state index is -3.44. The number of sulfonamides is 1. The average Bonchev–Trinajstić information content (AvgIpc) is 2.55. The molecule has 2 aromatic carbocycles. The van der Waals surface area contributed by atoms with E-state index in [4.69, 9.17) is 16.3 Å². The van der Waals surface area contributed by atoms with E-state index in [1.807, 2.05) is 24.3 Å². The Bertz CT molecular complexity index is 884. The van der Waals surface area contributed by atoms with Crippen LogP contribution in [0.2, 0.25) is 5.02 Å². The van der Waals surface area contributed by atoms with Crippen LogP contribution in [-0.2, 0) is 16.6 Å². The van der Waals surface area contributed by atoms with Crippen molar-refractivity contribution >= 4 is 33.2 Å². The number of amides is 1. The lowest BCUT2D eigenvalue weighted by Crippen LogP contribution is -2.26. The molecule has 0 heterocycles. The van der Waals surface area contributed by atoms with E-state index < -0.39 is 10.0 Å². The van der Waals surface area contributed by atoms with Crippen LogP contribution in [0.3, 0.4) is 0 Å². The summed E-state index contributed by atoms with van der Waals surface area (Å²) in [6.07, 6.45) is 1.04. The highest BCUT2D eigenvalue weighted by Gasteiger charge is 2.18. The minimum Gasteiger partial charge on any atom is -0.496 e. The van der Waals surface area contributed by atoms with Crippen LogP contribution in [0.25, 0.3) is 0 Å². The van der Waals surface area contributed by atoms with Crippen molar-refractivity contribution in [3.8, 4) is 5.75 Å². The molecule has 1 amide bonds. The summed E-state index contributed by atoms with van der Waals surface area (Å²) in [5, 5.41) is 0.246. The van der Waals surface area contributed by atoms with Crippen molar-refractivity contribution in [1.29, 1.82) is 0 Å². The zero-order valence-electron chi connectivity index (χ0n) is 14.1. The smallest absolute Gasteiger partial charge is 0.255 e. The maximum atomic E-state index is 12.7. The van der Waals surface area contributed by atoms with Gasteiger partial charge in [0.1, 0.15) is 5.75 Å². The molecule has 0 radical (unpaired) electrons. The molecule has 0 saturated heterocycles. The number of carbonyl (C=O) groups excluding carboxylic acids is 1. The molecule has 0 fully saturated rings. The third kappa shape index (κ3) is 5.11. The molecular formula is C17H19ClN2O4S. The molecule has 8 heteroatoms. The van der Waals surface area contributed by atoms with Crippen LogP contribution < -0.4 is 9.46 Å². The molecule has 0 saturated carbocycles. The summed E-state index contributed by atoms with van der Waals surface area (Å²) in [4.78, 5) is 14.2. The Balaban J connectivity index is 2.25. The standard InChI is InChI=1S/C17H19ClN2O4S/c1-20(11-12-6-4-5-7-16(12)24-2)17(21)14-10-13(8-9-15(14)18)19-25(3,22)23/h4-10,19H,11H2,1-3H3. The van der Waals surface area contributed by atoms with Crippen molar-refractivity contribution in [2.45, 2.75) is 6.54 Å². The molecule has 25 heavy (non-hydrogen) atoms. The summed E-state index contributed by atoms with van der Waals surface area (Å²) >= 11 is 6.12. The molecule has 0 aliphatic carbocycles. The molecule has 0 spiro atoms. The van der Waals surface area contributed by atoms with Crippen molar-refractivity contribution in [3.63, 3.8) is 0 Å². The van der Waals surface area contributed by atoms with Gasteiger partial charge >= 0.3 is 0 Å². The lowest BCUT2D eigenvalue weighted by molar-refractivity contribution is 0.0784. The predicted molar refractivity (Wildman–Crippen MR) is 98.7 cm³/mol. The highest BCUT2D eigenvalue weighted by atomic mass is 35.5. The van der Waals surface area contributed by atoms with Gasteiger partial charge in [-0.25, -0.2) is 8.42 Å². The van der Waals surface area contributed by atoms with Crippen molar-refractivity contribution in [2.75, 3.05) is 25.1 Å². The van der Waals surface area contributed by atoms with Gasteiger partial charge in [0, 0.05) is 24.8 Å². The van der Waals surface area contributed by atoms with Crippen LogP contribution in [0, 0.1) is 0 Å². The Morgan fingerprint density at radius 2 is 1.92 bits per heavy atom. The number of nitrogens with one attached hydrogen (secondary N) is 1. The van der Waals surface area contributed by atoms with Gasteiger partial charge in [0.15, 0.2) is 0 Å². The van der Waals surface area contributed by atoms with Gasteiger partial charge in [0.2, 0.25) is 10.0 Å². The first-order valence-corrected chi connectivity index (χ1v) is 9.63. The maximum Gasteiger partial charge on any atom is 0.255 e. The lowest BCUT2D eigenvalue weighted by atomic mass is 10.1. The van der Waals surface area contributed by atoms with Crippen molar-refractivity contribution < 1.29 is 17.9 Å². The molecule has 0 aromatic heterocycles. The van der Waals surface area contributed by atoms with Gasteiger partial charge in [0.25, 0.3) is 5.91 Å². The van der Waals surface area contributed by atoms with E-state index in [2.05, 4.69) is 4.72 Å². The Kier molecular flexibility index (Phi) is 5.92. The van der Waals surface area contributed by atoms with Crippen molar-refractivity contribution in [1.82, 2.24) is 4.90 Å². The van der Waals surface area contributed by atoms with Crippen LogP contribution in [0.1, 0.15) is 15.9 Å². The largest absolute Gasteiger partial charge is 0.496 e. The van der Waals surface area contributed by atoms with E-state index in [1.54, 1.807) is 14.2 Å². The first-order valence-electron chi connectivity index (χ1n) is 7.36. The van der Waals surface area contributed by atoms with Gasteiger partial charge in [-0.05, 0) is 24.3 Å². The average molecular weight is 383 g/mol. The van der Waals surface area contributed by atoms with Crippen molar-refractivity contribution in [2.24, 2.45) is 0 Å². The van der Waals surface area contributed by atoms with Crippen LogP contribution in [0.15, 0.2) is 42.5 Å². The number of carbonyl (C=O) groups is 1. The fraction of sp³-hybridized carbons (Fsp3) is 0.235. The molecule has 134 valence electrons. The number of nitrogens with zero attached hydrogens (tertiary/aromatic N) is 1. The number of hydrogen-bond acceptors (Lipinski definition) is 4. The second-order valence-corrected chi connectivity index (χ2v) is 7.70. The SMILES string of the molecule is COc1ccccc1CN(C)C(=O)c1cc(NS(C)(=O)=O)ccc1Cl. The zero-order chi connectivity index (χ0) is 18.6. The number of anilines is 1. The van der Waals surface area contributed by atoms with Gasteiger partial charge in [-0.15, -0.1) is 0 Å². The normalized spacial score (nSPS) is 11.0. The molecule has 0 aliphatic heterocycles. The van der Waals surface area contributed by atoms with Crippen LogP contribution in [0.5, 0.6) is 5.75 Å². The molecule has 1 N–H and O–H groups in total. The maximum absolute atomic E-state index is 12.7. The lowest BCUT2D eigenvalue weighted by Gasteiger charge is -2.20. The van der Waals surface area contributed by atoms with Crippen molar-refractivity contribution in [3.05, 3.63) is 58.6 Å². The van der Waals surface area contributed by atoms with Gasteiger partial charge < -0.3 is 9.64 Å². The summed E-state index contributed by atoms with van der Waals surface area (Å²) < 4.78 is 30.3. The fourth-order valence-corrected chi connectivity index (χ4v) is 3.09. The van der Waals surface area contributed by atoms with Gasteiger partial charge in [0.05, 0.1) is 24.0 Å². The number of para-hydroxylation sites is 1. The molecule has 0 atom stereocenters. The highest BCUT2D eigenvalue weighted by molar-refractivity contribution is 7.92. The minimum absolute atomic E-state index is 0.215. The van der Waals surface area contributed by atoms with E-state index in [9.17, 15) is 13.2 Å². The fourth-order valence-electron chi connectivity index (χ4n) is 2.33. The summed E-state index contributed by atoms with van der Waals surface area (Å²) in [7, 11) is -0.237. The summed E-state index contributed by atoms with van der Waals surface area (Å²) in [5.41, 5.74) is 1.34. The first kappa shape index (κ1) is 19.1. The molecule has 0 bridgehead atoms. The van der Waals surface area contributed by atoms with Gasteiger partial charge in [-0.1, -0.05) is 29.8 Å². The van der Waals surface area contributed by atoms with E-state index in [-0.39, 0.29) is 22.2 Å². The quantitative estimate of drug-likeness (QED) is 0.833. The second-order valence-electron chi connectivity index (χ2n) is 5.54. The monoisotopic (exact) mass is 382 g/mol. The summed E-state index contributed by atoms with van der Waals surface area (Å²) in [6, 6.07) is 11.8. The zero-order valence-corrected chi connectivity index (χ0v) is 15.7. The molecule has 2 rings (SSSR count). The Hall–Kier alpha value is -2.25. The number of halogens is 1. The number of rotatable bonds is 6. The second kappa shape index (κ2) is 7.76. The summed E-state index contributed by atoms with van der Waals surface area (Å²) in [5.74, 6) is 0.355. The molecule has 6 nitrogen and oxygen atoms in total. The van der Waals surface area contributed by atoms with Crippen LogP contribution in [-0.4, -0.2) is 39.6 Å². The van der Waals surface area contributed by atoms with E-state index in [1.165, 1.54) is 23.1 Å². The molecular weight excluding hydrogens is 364 g/mol. The van der Waals surface area contributed by atoms with Gasteiger partial charge in [-0.2, -0.15) is 0 Å². The summed E-state index contributed by atoms with van der Waals surface area (Å²) in [6.45, 7) is 0.322. The number of hydrogen-bond donors (Lipinski definition) is 1. The Labute approximate surface area is 152 Å². The first-order chi connectivity index (χ1) is 11.7. The number of benzene rings is 2. The third-order valence-corrected chi connectivity index (χ3v) is 4.38. The Morgan fingerprint density at radius 3 is 2.56 bits per heavy atom. The Morgan fingerprint density at radius 1 is 1.24 bits per heavy atom. The van der Waals surface area contributed by atoms with Crippen LogP contribution in [0.4, 0.5) is 5.69 Å². The van der Waals surface area contributed by atoms with Gasteiger partial charge in [-0.3, -0.25) is 9.52 Å². The highest BCUT2D eigenvalue weighted by Crippen LogP contribution is 2.24.